The lowest BCUT2D eigenvalue weighted by Crippen LogP contribution is -2.47. The molecule has 1 aromatic heterocycles. The third-order valence-electron chi connectivity index (χ3n) is 7.73. The number of nitrogens with one attached hydrogen (secondary N) is 2. The Morgan fingerprint density at radius 2 is 1.79 bits per heavy atom. The van der Waals surface area contributed by atoms with Gasteiger partial charge < -0.3 is 10.6 Å². The van der Waals surface area contributed by atoms with E-state index in [1.165, 1.54) is 27.7 Å². The van der Waals surface area contributed by atoms with Crippen LogP contribution in [0.25, 0.3) is 11.3 Å². The van der Waals surface area contributed by atoms with Gasteiger partial charge in [0, 0.05) is 40.6 Å². The molecule has 5 rings (SSSR count). The van der Waals surface area contributed by atoms with Crippen molar-refractivity contribution in [3.8, 4) is 11.3 Å². The lowest BCUT2D eigenvalue weighted by molar-refractivity contribution is -0.124. The highest BCUT2D eigenvalue weighted by Crippen LogP contribution is 2.35. The van der Waals surface area contributed by atoms with Crippen LogP contribution in [0.15, 0.2) is 59.0 Å². The van der Waals surface area contributed by atoms with Crippen LogP contribution >= 0.6 is 11.3 Å². The summed E-state index contributed by atoms with van der Waals surface area (Å²) < 4.78 is 0. The van der Waals surface area contributed by atoms with Crippen LogP contribution < -0.4 is 15.5 Å². The summed E-state index contributed by atoms with van der Waals surface area (Å²) in [5, 5.41) is 14.8. The number of amides is 3. The second-order valence-corrected chi connectivity index (χ2v) is 12.7. The zero-order chi connectivity index (χ0) is 29.9. The number of hydrogen-bond acceptors (Lipinski definition) is 7. The molecule has 0 radical (unpaired) electrons. The van der Waals surface area contributed by atoms with Crippen LogP contribution in [-0.4, -0.2) is 53.6 Å². The summed E-state index contributed by atoms with van der Waals surface area (Å²) >= 11 is 1.50. The van der Waals surface area contributed by atoms with Crippen LogP contribution in [0.3, 0.4) is 0 Å². The summed E-state index contributed by atoms with van der Waals surface area (Å²) in [6.07, 6.45) is 5.32. The van der Waals surface area contributed by atoms with Gasteiger partial charge in [-0.1, -0.05) is 70.4 Å². The van der Waals surface area contributed by atoms with Crippen molar-refractivity contribution in [1.82, 2.24) is 9.99 Å². The summed E-state index contributed by atoms with van der Waals surface area (Å²) in [6, 6.07) is 14.6. The first kappa shape index (κ1) is 29.4. The van der Waals surface area contributed by atoms with Crippen molar-refractivity contribution in [2.75, 3.05) is 35.7 Å². The molecule has 2 aliphatic rings. The minimum absolute atomic E-state index is 0.0727. The van der Waals surface area contributed by atoms with Gasteiger partial charge in [-0.15, -0.1) is 11.3 Å². The Labute approximate surface area is 251 Å². The van der Waals surface area contributed by atoms with Gasteiger partial charge in [-0.3, -0.25) is 14.5 Å². The number of ketones is 1. The number of carbonyl (C=O) groups excluding carboxylic acids is 3. The van der Waals surface area contributed by atoms with Crippen LogP contribution in [0.5, 0.6) is 0 Å². The van der Waals surface area contributed by atoms with Gasteiger partial charge in [-0.05, 0) is 31.0 Å². The molecule has 0 bridgehead atoms. The quantitative estimate of drug-likeness (QED) is 0.308. The number of Topliss-reactive ketones (excluding diaryl/α,β-unsaturated/α-hetero) is 1. The fourth-order valence-electron chi connectivity index (χ4n) is 5.32. The fraction of sp³-hybridized carbons (Fsp3) is 0.406. The van der Waals surface area contributed by atoms with E-state index in [4.69, 9.17) is 5.10 Å². The Hall–Kier alpha value is -4.05. The van der Waals surface area contributed by atoms with Gasteiger partial charge in [-0.25, -0.2) is 14.8 Å². The van der Waals surface area contributed by atoms with Crippen molar-refractivity contribution in [2.24, 2.45) is 16.4 Å². The molecule has 220 valence electrons. The van der Waals surface area contributed by atoms with Crippen molar-refractivity contribution in [3.63, 3.8) is 0 Å². The number of hydrazone groups is 1. The summed E-state index contributed by atoms with van der Waals surface area (Å²) in [5.74, 6) is -0.278. The molecule has 10 heteroatoms. The largest absolute Gasteiger partial charge is 0.365 e. The fourth-order valence-corrected chi connectivity index (χ4v) is 6.00. The highest BCUT2D eigenvalue weighted by atomic mass is 32.1. The van der Waals surface area contributed by atoms with Crippen LogP contribution in [0.2, 0.25) is 0 Å². The summed E-state index contributed by atoms with van der Waals surface area (Å²) in [4.78, 5) is 46.7. The monoisotopic (exact) mass is 586 g/mol. The normalized spacial score (nSPS) is 16.0. The number of benzene rings is 2. The minimum Gasteiger partial charge on any atom is -0.365 e. The van der Waals surface area contributed by atoms with Gasteiger partial charge in [0.2, 0.25) is 5.91 Å². The van der Waals surface area contributed by atoms with Crippen LogP contribution in [-0.2, 0) is 9.59 Å². The maximum atomic E-state index is 14.1. The van der Waals surface area contributed by atoms with Gasteiger partial charge in [0.1, 0.15) is 6.54 Å². The maximum Gasteiger partial charge on any atom is 0.345 e. The average molecular weight is 587 g/mol. The molecule has 1 fully saturated rings. The zero-order valence-corrected chi connectivity index (χ0v) is 25.5. The predicted molar refractivity (Wildman–Crippen MR) is 169 cm³/mol. The third-order valence-corrected chi connectivity index (χ3v) is 8.59. The van der Waals surface area contributed by atoms with E-state index >= 15 is 0 Å². The van der Waals surface area contributed by atoms with Crippen molar-refractivity contribution < 1.29 is 14.4 Å². The van der Waals surface area contributed by atoms with Crippen molar-refractivity contribution in [3.05, 3.63) is 59.5 Å². The van der Waals surface area contributed by atoms with E-state index in [0.29, 0.717) is 11.4 Å². The number of anilines is 3. The standard InChI is InChI=1S/C32H38N6O3S/c1-32(2,3)27(39)18-37-26-16-9-8-15-24(26)29(21-11-6-5-7-12-21)36-38(31(37)41)19-28(40)34-23-14-10-13-22(17-23)25-20-42-30(33-4)35-25/h8-10,13-17,20-21H,5-7,11-12,18-19H2,1-4H3,(H,33,35)(H,34,40). The smallest absolute Gasteiger partial charge is 0.345 e. The lowest BCUT2D eigenvalue weighted by atomic mass is 9.83. The summed E-state index contributed by atoms with van der Waals surface area (Å²) in [6.45, 7) is 5.15. The third kappa shape index (κ3) is 6.54. The Morgan fingerprint density at radius 1 is 1.02 bits per heavy atom. The number of fused-ring (bicyclic) bond motifs is 1. The van der Waals surface area contributed by atoms with E-state index in [9.17, 15) is 14.4 Å². The molecule has 42 heavy (non-hydrogen) atoms. The number of carbonyl (C=O) groups is 3. The van der Waals surface area contributed by atoms with Gasteiger partial charge in [-0.2, -0.15) is 5.10 Å². The second-order valence-electron chi connectivity index (χ2n) is 11.9. The predicted octanol–water partition coefficient (Wildman–Crippen LogP) is 6.63. The van der Waals surface area contributed by atoms with Crippen LogP contribution in [0, 0.1) is 11.3 Å². The molecule has 9 nitrogen and oxygen atoms in total. The Bertz CT molecular complexity index is 1500. The molecule has 0 unspecified atom stereocenters. The highest BCUT2D eigenvalue weighted by Gasteiger charge is 2.36. The van der Waals surface area contributed by atoms with Crippen LogP contribution in [0.1, 0.15) is 58.4 Å². The van der Waals surface area contributed by atoms with Gasteiger partial charge >= 0.3 is 6.03 Å². The Morgan fingerprint density at radius 3 is 2.50 bits per heavy atom. The Kier molecular flexibility index (Phi) is 8.72. The number of aromatic nitrogens is 1. The van der Waals surface area contributed by atoms with Gasteiger partial charge in [0.15, 0.2) is 10.9 Å². The van der Waals surface area contributed by atoms with Crippen molar-refractivity contribution in [1.29, 1.82) is 0 Å². The lowest BCUT2D eigenvalue weighted by Gasteiger charge is -2.28. The summed E-state index contributed by atoms with van der Waals surface area (Å²) in [5.41, 5.74) is 3.95. The first-order valence-electron chi connectivity index (χ1n) is 14.5. The molecular weight excluding hydrogens is 548 g/mol. The number of para-hydroxylation sites is 1. The van der Waals surface area contributed by atoms with Crippen LogP contribution in [0.4, 0.5) is 21.3 Å². The van der Waals surface area contributed by atoms with E-state index in [-0.39, 0.29) is 30.7 Å². The number of nitrogens with zero attached hydrogens (tertiary/aromatic N) is 4. The molecule has 0 saturated heterocycles. The first-order valence-corrected chi connectivity index (χ1v) is 15.4. The number of urea groups is 1. The maximum absolute atomic E-state index is 14.1. The molecule has 0 atom stereocenters. The molecule has 3 amide bonds. The van der Waals surface area contributed by atoms with E-state index in [2.05, 4.69) is 15.6 Å². The van der Waals surface area contributed by atoms with E-state index < -0.39 is 11.4 Å². The molecule has 1 aliphatic carbocycles. The Balaban J connectivity index is 1.44. The van der Waals surface area contributed by atoms with Gasteiger partial charge in [0.25, 0.3) is 0 Å². The molecule has 2 aromatic carbocycles. The highest BCUT2D eigenvalue weighted by molar-refractivity contribution is 7.14. The number of rotatable bonds is 8. The second kappa shape index (κ2) is 12.4. The van der Waals surface area contributed by atoms with Crippen molar-refractivity contribution in [2.45, 2.75) is 52.9 Å². The molecule has 2 heterocycles. The molecular formula is C32H38N6O3S. The van der Waals surface area contributed by atoms with E-state index in [0.717, 1.165) is 53.3 Å². The molecule has 1 saturated carbocycles. The average Bonchev–Trinajstić information content (AvgIpc) is 3.44. The van der Waals surface area contributed by atoms with Crippen molar-refractivity contribution >= 4 is 51.3 Å². The molecule has 0 spiro atoms. The summed E-state index contributed by atoms with van der Waals surface area (Å²) in [7, 11) is 1.82. The molecule has 3 aromatic rings. The number of hydrogen-bond donors (Lipinski definition) is 2. The minimum atomic E-state index is -0.632. The van der Waals surface area contributed by atoms with E-state index in [1.54, 1.807) is 6.07 Å². The SMILES string of the molecule is CNc1nc(-c2cccc(NC(=O)CN3N=C(C4CCCCC4)c4ccccc4N(CC(=O)C(C)(C)C)C3=O)c2)cs1. The first-order chi connectivity index (χ1) is 20.1. The molecule has 1 aliphatic heterocycles. The van der Waals surface area contributed by atoms with E-state index in [1.807, 2.05) is 75.7 Å². The molecule has 2 N–H and O–H groups in total. The van der Waals surface area contributed by atoms with Gasteiger partial charge in [0.05, 0.1) is 23.6 Å². The number of thiazole rings is 1. The topological polar surface area (TPSA) is 107 Å². The zero-order valence-electron chi connectivity index (χ0n) is 24.6.